The lowest BCUT2D eigenvalue weighted by molar-refractivity contribution is -0.433. The third-order valence-corrected chi connectivity index (χ3v) is 7.53. The van der Waals surface area contributed by atoms with Crippen LogP contribution in [0.5, 0.6) is 11.5 Å². The van der Waals surface area contributed by atoms with Crippen LogP contribution in [0.1, 0.15) is 51.2 Å². The van der Waals surface area contributed by atoms with Gasteiger partial charge in [-0.15, -0.1) is 0 Å². The molecule has 0 atom stereocenters. The molecule has 2 aliphatic heterocycles. The van der Waals surface area contributed by atoms with E-state index < -0.39 is 0 Å². The second-order valence-corrected chi connectivity index (χ2v) is 9.97. The Balaban J connectivity index is 0.00000253. The number of phenols is 1. The lowest BCUT2D eigenvalue weighted by Gasteiger charge is -2.26. The van der Waals surface area contributed by atoms with E-state index in [0.717, 1.165) is 42.9 Å². The first-order valence-corrected chi connectivity index (χ1v) is 12.3. The summed E-state index contributed by atoms with van der Waals surface area (Å²) in [4.78, 5) is 0. The van der Waals surface area contributed by atoms with Crippen LogP contribution < -0.4 is 28.7 Å². The van der Waals surface area contributed by atoms with E-state index in [1.165, 1.54) is 38.9 Å². The summed E-state index contributed by atoms with van der Waals surface area (Å²) in [6.45, 7) is 7.83. The predicted octanol–water partition coefficient (Wildman–Crippen LogP) is 4.42. The summed E-state index contributed by atoms with van der Waals surface area (Å²) in [5, 5.41) is 12.6. The fraction of sp³-hybridized carbons (Fsp3) is 0.258. The molecule has 0 saturated heterocycles. The van der Waals surface area contributed by atoms with E-state index >= 15 is 0 Å². The van der Waals surface area contributed by atoms with E-state index in [-0.39, 0.29) is 35.1 Å². The van der Waals surface area contributed by atoms with Gasteiger partial charge < -0.3 is 33.8 Å². The van der Waals surface area contributed by atoms with Crippen molar-refractivity contribution in [2.24, 2.45) is 0 Å². The molecule has 35 heavy (non-hydrogen) atoms. The van der Waals surface area contributed by atoms with Gasteiger partial charge in [0.15, 0.2) is 5.71 Å². The first kappa shape index (κ1) is 23.9. The van der Waals surface area contributed by atoms with Gasteiger partial charge in [-0.25, -0.2) is 0 Å². The maximum atomic E-state index is 9.93. The number of hydrogen-bond acceptors (Lipinski definition) is 2. The fourth-order valence-corrected chi connectivity index (χ4v) is 5.91. The summed E-state index contributed by atoms with van der Waals surface area (Å²) in [5.41, 5.74) is 7.45. The van der Waals surface area contributed by atoms with E-state index in [1.54, 1.807) is 12.1 Å². The number of hydrogen-bond donors (Lipinski definition) is 1. The van der Waals surface area contributed by atoms with Gasteiger partial charge in [-0.2, -0.15) is 4.58 Å². The van der Waals surface area contributed by atoms with Crippen molar-refractivity contribution in [2.45, 2.75) is 45.4 Å². The molecular weight excluding hydrogens is 545 g/mol. The SMILES string of the molecule is CC[N+]1=C(/C=C/C2=C3Oc4cc(O)ccc4C=C3CCC2)C(C)(C)c2c1ccc1ccccc21.[I-]. The van der Waals surface area contributed by atoms with Crippen LogP contribution in [0.2, 0.25) is 0 Å². The van der Waals surface area contributed by atoms with Gasteiger partial charge in [0.25, 0.3) is 0 Å². The fourth-order valence-electron chi connectivity index (χ4n) is 5.91. The van der Waals surface area contributed by atoms with E-state index in [9.17, 15) is 5.11 Å². The summed E-state index contributed by atoms with van der Waals surface area (Å²) in [5.74, 6) is 1.92. The molecule has 3 aromatic rings. The summed E-state index contributed by atoms with van der Waals surface area (Å²) < 4.78 is 8.80. The molecule has 6 rings (SSSR count). The van der Waals surface area contributed by atoms with Crippen molar-refractivity contribution in [3.8, 4) is 11.5 Å². The quantitative estimate of drug-likeness (QED) is 0.371. The van der Waals surface area contributed by atoms with Crippen molar-refractivity contribution in [2.75, 3.05) is 6.54 Å². The van der Waals surface area contributed by atoms with Crippen LogP contribution in [0.15, 0.2) is 83.7 Å². The van der Waals surface area contributed by atoms with E-state index in [2.05, 4.69) is 80.0 Å². The van der Waals surface area contributed by atoms with Gasteiger partial charge in [-0.05, 0) is 92.3 Å². The normalized spacial score (nSPS) is 18.1. The van der Waals surface area contributed by atoms with Crippen molar-refractivity contribution in [3.05, 3.63) is 94.8 Å². The summed E-state index contributed by atoms with van der Waals surface area (Å²) >= 11 is 0. The molecular formula is C31H30INO2. The van der Waals surface area contributed by atoms with Crippen molar-refractivity contribution in [3.63, 3.8) is 0 Å². The molecule has 178 valence electrons. The molecule has 1 aliphatic carbocycles. The Hall–Kier alpha value is -2.86. The van der Waals surface area contributed by atoms with Gasteiger partial charge in [-0.3, -0.25) is 0 Å². The highest BCUT2D eigenvalue weighted by Gasteiger charge is 2.45. The molecule has 1 N–H and O–H groups in total. The standard InChI is InChI=1S/C31H29NO2.HI/c1-4-32-26-16-13-20-8-5-6-11-25(20)29(26)31(2,3)28(32)17-14-21-9-7-10-23-18-22-12-15-24(33)19-27(22)34-30(21)23;/h5-6,8,11-19H,4,7,9-10H2,1-3H3;1H. The number of aromatic hydroxyl groups is 1. The molecule has 2 heterocycles. The summed E-state index contributed by atoms with van der Waals surface area (Å²) in [6.07, 6.45) is 9.93. The Morgan fingerprint density at radius 1 is 1.03 bits per heavy atom. The van der Waals surface area contributed by atoms with Crippen LogP contribution in [0.3, 0.4) is 0 Å². The molecule has 3 nitrogen and oxygen atoms in total. The number of benzene rings is 3. The van der Waals surface area contributed by atoms with Crippen molar-refractivity contribution in [1.82, 2.24) is 0 Å². The Morgan fingerprint density at radius 2 is 1.86 bits per heavy atom. The molecule has 0 saturated carbocycles. The molecule has 0 amide bonds. The zero-order valence-corrected chi connectivity index (χ0v) is 22.6. The molecule has 0 aromatic heterocycles. The predicted molar refractivity (Wildman–Crippen MR) is 139 cm³/mol. The Morgan fingerprint density at radius 3 is 2.69 bits per heavy atom. The minimum Gasteiger partial charge on any atom is -1.00 e. The summed E-state index contributed by atoms with van der Waals surface area (Å²) in [6, 6.07) is 18.6. The number of rotatable bonds is 3. The minimum atomic E-state index is -0.104. The van der Waals surface area contributed by atoms with Gasteiger partial charge in [0.1, 0.15) is 23.8 Å². The first-order valence-electron chi connectivity index (χ1n) is 12.3. The lowest BCUT2D eigenvalue weighted by Crippen LogP contribution is -3.00. The monoisotopic (exact) mass is 575 g/mol. The number of fused-ring (bicyclic) bond motifs is 5. The highest BCUT2D eigenvalue weighted by atomic mass is 127. The number of ether oxygens (including phenoxy) is 1. The van der Waals surface area contributed by atoms with Crippen LogP contribution in [0.25, 0.3) is 16.8 Å². The third kappa shape index (κ3) is 3.83. The van der Waals surface area contributed by atoms with Crippen LogP contribution in [0.4, 0.5) is 5.69 Å². The van der Waals surface area contributed by atoms with Crippen LogP contribution >= 0.6 is 0 Å². The molecule has 0 radical (unpaired) electrons. The lowest BCUT2D eigenvalue weighted by atomic mass is 9.78. The topological polar surface area (TPSA) is 32.5 Å². The third-order valence-electron chi connectivity index (χ3n) is 7.53. The molecule has 0 spiro atoms. The van der Waals surface area contributed by atoms with Gasteiger partial charge in [0.05, 0.1) is 5.41 Å². The zero-order chi connectivity index (χ0) is 23.4. The molecule has 0 bridgehead atoms. The second kappa shape index (κ2) is 8.98. The highest BCUT2D eigenvalue weighted by molar-refractivity contribution is 6.07. The van der Waals surface area contributed by atoms with Gasteiger partial charge in [0, 0.05) is 29.3 Å². The zero-order valence-electron chi connectivity index (χ0n) is 20.4. The smallest absolute Gasteiger partial charge is 0.210 e. The van der Waals surface area contributed by atoms with E-state index in [0.29, 0.717) is 0 Å². The maximum absolute atomic E-state index is 9.93. The average molecular weight is 575 g/mol. The largest absolute Gasteiger partial charge is 1.00 e. The molecule has 0 fully saturated rings. The maximum Gasteiger partial charge on any atom is 0.210 e. The molecule has 3 aliphatic rings. The number of allylic oxidation sites excluding steroid dienone is 4. The summed E-state index contributed by atoms with van der Waals surface area (Å²) in [7, 11) is 0. The van der Waals surface area contributed by atoms with Crippen LogP contribution in [-0.4, -0.2) is 21.9 Å². The number of nitrogens with zero attached hydrogens (tertiary/aromatic N) is 1. The molecule has 4 heteroatoms. The van der Waals surface area contributed by atoms with Crippen LogP contribution in [0, 0.1) is 0 Å². The Labute approximate surface area is 224 Å². The first-order chi connectivity index (χ1) is 16.5. The van der Waals surface area contributed by atoms with Crippen molar-refractivity contribution in [1.29, 1.82) is 0 Å². The number of halogens is 1. The number of phenolic OH excluding ortho intramolecular Hbond substituents is 1. The van der Waals surface area contributed by atoms with E-state index in [4.69, 9.17) is 4.74 Å². The van der Waals surface area contributed by atoms with Crippen LogP contribution in [-0.2, 0) is 5.41 Å². The Kier molecular flexibility index (Phi) is 6.12. The Bertz CT molecular complexity index is 1470. The second-order valence-electron chi connectivity index (χ2n) is 9.97. The minimum absolute atomic E-state index is 0. The highest BCUT2D eigenvalue weighted by Crippen LogP contribution is 2.45. The van der Waals surface area contributed by atoms with Crippen molar-refractivity contribution >= 4 is 28.2 Å². The van der Waals surface area contributed by atoms with Crippen molar-refractivity contribution < 1.29 is 38.4 Å². The molecule has 3 aromatic carbocycles. The van der Waals surface area contributed by atoms with E-state index in [1.807, 2.05) is 6.07 Å². The van der Waals surface area contributed by atoms with Gasteiger partial charge in [0.2, 0.25) is 5.69 Å². The van der Waals surface area contributed by atoms with Gasteiger partial charge in [-0.1, -0.05) is 24.3 Å². The molecule has 0 unspecified atom stereocenters. The average Bonchev–Trinajstić information content (AvgIpc) is 3.07. The van der Waals surface area contributed by atoms with Gasteiger partial charge >= 0.3 is 0 Å².